The van der Waals surface area contributed by atoms with Crippen molar-refractivity contribution in [3.8, 4) is 0 Å². The quantitative estimate of drug-likeness (QED) is 0.0637. The highest BCUT2D eigenvalue weighted by molar-refractivity contribution is 4.99. The predicted octanol–water partition coefficient (Wildman–Crippen LogP) is 15.0. The van der Waals surface area contributed by atoms with E-state index in [1.54, 1.807) is 0 Å². The molecule has 0 fully saturated rings. The van der Waals surface area contributed by atoms with Crippen LogP contribution in [0.2, 0.25) is 0 Å². The Balaban J connectivity index is 0. The lowest BCUT2D eigenvalue weighted by Crippen LogP contribution is -1.80. The van der Waals surface area contributed by atoms with Crippen molar-refractivity contribution in [2.24, 2.45) is 0 Å². The lowest BCUT2D eigenvalue weighted by molar-refractivity contribution is 0.577. The van der Waals surface area contributed by atoms with Crippen LogP contribution in [0.4, 0.5) is 0 Å². The first kappa shape index (κ1) is 40.8. The predicted molar refractivity (Wildman–Crippen MR) is 188 cm³/mol. The van der Waals surface area contributed by atoms with Crippen LogP contribution in [0.25, 0.3) is 0 Å². The van der Waals surface area contributed by atoms with Crippen LogP contribution in [-0.4, -0.2) is 0 Å². The van der Waals surface area contributed by atoms with Gasteiger partial charge in [-0.05, 0) is 64.2 Å². The van der Waals surface area contributed by atoms with Gasteiger partial charge in [-0.25, -0.2) is 0 Å². The normalized spacial score (nSPS) is 12.1. The van der Waals surface area contributed by atoms with E-state index < -0.39 is 0 Å². The zero-order valence-electron chi connectivity index (χ0n) is 28.2. The fourth-order valence-electron chi connectivity index (χ4n) is 4.56. The summed E-state index contributed by atoms with van der Waals surface area (Å²) in [4.78, 5) is 0. The maximum Gasteiger partial charge on any atom is -0.0169 e. The summed E-state index contributed by atoms with van der Waals surface area (Å²) in [5.41, 5.74) is 0. The Kier molecular flexibility index (Phi) is 43.1. The molecular formula is C40H74. The summed E-state index contributed by atoms with van der Waals surface area (Å²) in [5, 5.41) is 0. The molecule has 0 aromatic heterocycles. The minimum Gasteiger partial charge on any atom is -0.0885 e. The van der Waals surface area contributed by atoms with Crippen LogP contribution in [0.5, 0.6) is 0 Å². The smallest absolute Gasteiger partial charge is 0.0169 e. The molecule has 40 heavy (non-hydrogen) atoms. The molecule has 234 valence electrons. The van der Waals surface area contributed by atoms with Gasteiger partial charge in [0.2, 0.25) is 0 Å². The molecule has 0 spiro atoms. The van der Waals surface area contributed by atoms with Gasteiger partial charge in [0, 0.05) is 0 Å². The first-order chi connectivity index (χ1) is 19.8. The molecule has 0 saturated carbocycles. The second-order valence-corrected chi connectivity index (χ2v) is 11.5. The molecule has 0 rings (SSSR count). The largest absolute Gasteiger partial charge is 0.0885 e. The van der Waals surface area contributed by atoms with E-state index in [0.717, 1.165) is 19.3 Å². The van der Waals surface area contributed by atoms with E-state index in [9.17, 15) is 0 Å². The van der Waals surface area contributed by atoms with E-state index in [-0.39, 0.29) is 0 Å². The van der Waals surface area contributed by atoms with Crippen molar-refractivity contribution in [1.82, 2.24) is 0 Å². The Bertz CT molecular complexity index is 559. The summed E-state index contributed by atoms with van der Waals surface area (Å²) in [6.45, 7) is 9.06. The maximum absolute atomic E-state index is 2.42. The Labute approximate surface area is 255 Å². The maximum atomic E-state index is 2.42. The summed E-state index contributed by atoms with van der Waals surface area (Å²) in [6, 6.07) is 0. The van der Waals surface area contributed by atoms with Crippen molar-refractivity contribution in [3.63, 3.8) is 0 Å². The molecule has 0 heteroatoms. The molecule has 0 aliphatic carbocycles. The average Bonchev–Trinajstić information content (AvgIpc) is 2.97. The highest BCUT2D eigenvalue weighted by Crippen LogP contribution is 2.11. The van der Waals surface area contributed by atoms with E-state index in [1.807, 2.05) is 0 Å². The molecule has 0 bridgehead atoms. The first-order valence-corrected chi connectivity index (χ1v) is 18.1. The van der Waals surface area contributed by atoms with Crippen molar-refractivity contribution in [2.75, 3.05) is 0 Å². The molecule has 0 aliphatic heterocycles. The second kappa shape index (κ2) is 42.2. The molecule has 0 saturated heterocycles. The minimum atomic E-state index is 1.06. The average molecular weight is 555 g/mol. The highest BCUT2D eigenvalue weighted by atomic mass is 14.0. The van der Waals surface area contributed by atoms with Gasteiger partial charge in [0.1, 0.15) is 0 Å². The monoisotopic (exact) mass is 555 g/mol. The van der Waals surface area contributed by atoms with Crippen molar-refractivity contribution >= 4 is 0 Å². The molecule has 0 radical (unpaired) electrons. The molecule has 0 atom stereocenters. The summed E-state index contributed by atoms with van der Waals surface area (Å²) < 4.78 is 0. The summed E-state index contributed by atoms with van der Waals surface area (Å²) in [6.07, 6.45) is 57.9. The molecule has 0 aromatic rings. The topological polar surface area (TPSA) is 0 Å². The van der Waals surface area contributed by atoms with Crippen molar-refractivity contribution in [3.05, 3.63) is 60.8 Å². The Morgan fingerprint density at radius 1 is 0.225 bits per heavy atom. The van der Waals surface area contributed by atoms with Crippen molar-refractivity contribution in [2.45, 2.75) is 195 Å². The van der Waals surface area contributed by atoms with E-state index >= 15 is 0 Å². The van der Waals surface area contributed by atoms with Gasteiger partial charge in [-0.3, -0.25) is 0 Å². The third kappa shape index (κ3) is 43.7. The summed E-state index contributed by atoms with van der Waals surface area (Å²) in [5.74, 6) is 0. The fraction of sp³-hybridized carbons (Fsp3) is 0.750. The van der Waals surface area contributed by atoms with Crippen LogP contribution in [0.15, 0.2) is 60.8 Å². The van der Waals surface area contributed by atoms with Gasteiger partial charge in [-0.15, -0.1) is 0 Å². The second-order valence-electron chi connectivity index (χ2n) is 11.5. The van der Waals surface area contributed by atoms with Crippen LogP contribution < -0.4 is 0 Å². The van der Waals surface area contributed by atoms with E-state index in [4.69, 9.17) is 0 Å². The van der Waals surface area contributed by atoms with E-state index in [1.165, 1.54) is 148 Å². The van der Waals surface area contributed by atoms with Crippen LogP contribution in [0.1, 0.15) is 195 Å². The van der Waals surface area contributed by atoms with Crippen LogP contribution in [-0.2, 0) is 0 Å². The van der Waals surface area contributed by atoms with Gasteiger partial charge in [0.05, 0.1) is 0 Å². The minimum absolute atomic E-state index is 1.06. The van der Waals surface area contributed by atoms with Crippen molar-refractivity contribution in [1.29, 1.82) is 0 Å². The van der Waals surface area contributed by atoms with E-state index in [0.29, 0.717) is 0 Å². The van der Waals surface area contributed by atoms with Gasteiger partial charge >= 0.3 is 0 Å². The summed E-state index contributed by atoms with van der Waals surface area (Å²) in [7, 11) is 0. The van der Waals surface area contributed by atoms with Gasteiger partial charge < -0.3 is 0 Å². The SMILES string of the molecule is CCCC/C=C\C/C=C\C/C=C\C/C=C\CCCCC.CCCCCCCC/C=C\CCCCCCCCCC. The first-order valence-electron chi connectivity index (χ1n) is 18.1. The molecule has 0 aromatic carbocycles. The summed E-state index contributed by atoms with van der Waals surface area (Å²) >= 11 is 0. The van der Waals surface area contributed by atoms with Gasteiger partial charge in [0.25, 0.3) is 0 Å². The lowest BCUT2D eigenvalue weighted by Gasteiger charge is -2.00. The van der Waals surface area contributed by atoms with Crippen LogP contribution in [0.3, 0.4) is 0 Å². The van der Waals surface area contributed by atoms with Gasteiger partial charge in [-0.1, -0.05) is 191 Å². The Morgan fingerprint density at radius 2 is 0.450 bits per heavy atom. The molecule has 0 amide bonds. The van der Waals surface area contributed by atoms with E-state index in [2.05, 4.69) is 88.5 Å². The zero-order valence-corrected chi connectivity index (χ0v) is 28.2. The van der Waals surface area contributed by atoms with Crippen molar-refractivity contribution < 1.29 is 0 Å². The van der Waals surface area contributed by atoms with Gasteiger partial charge in [0.15, 0.2) is 0 Å². The molecule has 0 aliphatic rings. The standard InChI is InChI=1S/C20H40.C20H34/c2*1-3-5-7-9-11-13-15-17-19-20-18-16-14-12-10-8-6-4-2/h17,19H,3-16,18,20H2,1-2H3;9,11-12,14-15,17-18,20H,3-8,10,13,16,19H2,1-2H3/b19-17-;11-9-,14-12-,17-15-,20-18-. The third-order valence-corrected chi connectivity index (χ3v) is 7.30. The zero-order chi connectivity index (χ0) is 29.5. The number of hydrogen-bond donors (Lipinski definition) is 0. The number of rotatable bonds is 29. The lowest BCUT2D eigenvalue weighted by atomic mass is 10.1. The number of unbranched alkanes of at least 4 members (excludes halogenated alkanes) is 19. The third-order valence-electron chi connectivity index (χ3n) is 7.30. The van der Waals surface area contributed by atoms with Crippen LogP contribution >= 0.6 is 0 Å². The molecule has 0 N–H and O–H groups in total. The Morgan fingerprint density at radius 3 is 0.825 bits per heavy atom. The highest BCUT2D eigenvalue weighted by Gasteiger charge is 1.91. The molecule has 0 nitrogen and oxygen atoms in total. The molecular weight excluding hydrogens is 480 g/mol. The number of hydrogen-bond acceptors (Lipinski definition) is 0. The van der Waals surface area contributed by atoms with Gasteiger partial charge in [-0.2, -0.15) is 0 Å². The Hall–Kier alpha value is -1.30. The fourth-order valence-corrected chi connectivity index (χ4v) is 4.56. The molecule has 0 unspecified atom stereocenters. The molecule has 0 heterocycles. The van der Waals surface area contributed by atoms with Crippen LogP contribution in [0, 0.1) is 0 Å². The number of allylic oxidation sites excluding steroid dienone is 10.